The van der Waals surface area contributed by atoms with Gasteiger partial charge in [-0.3, -0.25) is 24.1 Å². The first-order valence-corrected chi connectivity index (χ1v) is 18.3. The molecule has 3 aromatic carbocycles. The molecule has 12 nitrogen and oxygen atoms in total. The highest BCUT2D eigenvalue weighted by molar-refractivity contribution is 6.12. The molecule has 0 bridgehead atoms. The van der Waals surface area contributed by atoms with Crippen LogP contribution in [0.4, 0.5) is 11.4 Å². The van der Waals surface area contributed by atoms with Crippen LogP contribution in [0.3, 0.4) is 0 Å². The van der Waals surface area contributed by atoms with E-state index in [0.29, 0.717) is 71.1 Å². The second-order valence-electron chi connectivity index (χ2n) is 14.4. The number of hydrogen-bond donors (Lipinski definition) is 1. The number of anilines is 2. The van der Waals surface area contributed by atoms with Crippen molar-refractivity contribution < 1.29 is 28.9 Å². The third kappa shape index (κ3) is 6.21. The Labute approximate surface area is 307 Å². The highest BCUT2D eigenvalue weighted by atomic mass is 16.7. The number of amides is 2. The molecule has 5 heterocycles. The number of fused-ring (bicyclic) bond motifs is 2. The fraction of sp³-hybridized carbons (Fsp3) is 0.341. The van der Waals surface area contributed by atoms with E-state index in [1.165, 1.54) is 5.56 Å². The van der Waals surface area contributed by atoms with Crippen molar-refractivity contribution in [3.8, 4) is 28.5 Å². The van der Waals surface area contributed by atoms with E-state index < -0.39 is 0 Å². The highest BCUT2D eigenvalue weighted by Crippen LogP contribution is 2.42. The van der Waals surface area contributed by atoms with Crippen LogP contribution in [0.15, 0.2) is 79.1 Å². The van der Waals surface area contributed by atoms with Gasteiger partial charge in [0.15, 0.2) is 11.5 Å². The summed E-state index contributed by atoms with van der Waals surface area (Å²) >= 11 is 0. The van der Waals surface area contributed by atoms with Crippen molar-refractivity contribution in [2.75, 3.05) is 44.5 Å². The van der Waals surface area contributed by atoms with Gasteiger partial charge in [0.1, 0.15) is 5.75 Å². The number of rotatable bonds is 8. The fourth-order valence-corrected chi connectivity index (χ4v) is 7.82. The lowest BCUT2D eigenvalue weighted by Gasteiger charge is -2.40. The summed E-state index contributed by atoms with van der Waals surface area (Å²) in [6, 6.07) is 20.8. The molecule has 3 aliphatic heterocycles. The molecule has 1 saturated heterocycles. The van der Waals surface area contributed by atoms with Crippen LogP contribution in [0.5, 0.6) is 17.2 Å². The summed E-state index contributed by atoms with van der Waals surface area (Å²) in [6.07, 6.45) is 6.49. The molecule has 0 radical (unpaired) electrons. The van der Waals surface area contributed by atoms with Gasteiger partial charge < -0.3 is 28.8 Å². The first-order valence-electron chi connectivity index (χ1n) is 18.3. The van der Waals surface area contributed by atoms with Gasteiger partial charge in [0.2, 0.25) is 6.79 Å². The quantitative estimate of drug-likeness (QED) is 0.213. The molecule has 1 atom stereocenters. The highest BCUT2D eigenvalue weighted by Gasteiger charge is 2.36. The maximum Gasteiger partial charge on any atom is 0.264 e. The molecule has 2 fully saturated rings. The predicted octanol–water partition coefficient (Wildman–Crippen LogP) is 5.84. The van der Waals surface area contributed by atoms with Crippen molar-refractivity contribution in [2.24, 2.45) is 7.05 Å². The Morgan fingerprint density at radius 3 is 2.42 bits per heavy atom. The number of phenols is 1. The SMILES string of the molecule is Cc1c(C(=O)N(c2ccc(O)cc2)c2cnn(C3CC3)c2)cc(-c2cc3c(cc2C(=O)N2Cc4ccccc4C[C@H]2CN2CCOCC2)OCO3)n1C. The number of hydrogen-bond acceptors (Lipinski definition) is 8. The lowest BCUT2D eigenvalue weighted by Crippen LogP contribution is -2.52. The van der Waals surface area contributed by atoms with E-state index in [4.69, 9.17) is 14.2 Å². The summed E-state index contributed by atoms with van der Waals surface area (Å²) in [4.78, 5) is 35.8. The fourth-order valence-electron chi connectivity index (χ4n) is 7.82. The smallest absolute Gasteiger partial charge is 0.264 e. The number of aromatic nitrogens is 3. The zero-order chi connectivity index (χ0) is 36.2. The number of ether oxygens (including phenoxy) is 3. The molecular formula is C41H42N6O6. The van der Waals surface area contributed by atoms with Crippen molar-refractivity contribution in [3.05, 3.63) is 107 Å². The van der Waals surface area contributed by atoms with Gasteiger partial charge in [-0.05, 0) is 79.8 Å². The molecular weight excluding hydrogens is 672 g/mol. The topological polar surface area (TPSA) is 115 Å². The standard InChI is InChI=1S/C41H42N6O6/c1-26-34(41(50)47(30-9-11-33(48)12-10-30)32-21-42-46(24-32)29-7-8-29)18-37(43(26)2)35-19-38-39(53-25-52-38)20-36(35)40(49)45-22-28-6-4-3-5-27(28)17-31(45)23-44-13-15-51-16-14-44/h3-6,9-12,18-21,24,29,31,48H,7-8,13-17,22-23,25H2,1-2H3/t31-/m0/s1. The Morgan fingerprint density at radius 2 is 1.66 bits per heavy atom. The number of phenolic OH excluding ortho intramolecular Hbond substituents is 1. The summed E-state index contributed by atoms with van der Waals surface area (Å²) in [5.41, 5.74) is 6.70. The number of nitrogens with zero attached hydrogens (tertiary/aromatic N) is 6. The van der Waals surface area contributed by atoms with E-state index in [-0.39, 0.29) is 30.4 Å². The number of carbonyl (C=O) groups excluding carboxylic acids is 2. The van der Waals surface area contributed by atoms with Crippen LogP contribution in [0, 0.1) is 6.92 Å². The Kier molecular flexibility index (Phi) is 8.43. The predicted molar refractivity (Wildman–Crippen MR) is 198 cm³/mol. The van der Waals surface area contributed by atoms with E-state index >= 15 is 4.79 Å². The maximum absolute atomic E-state index is 15.0. The van der Waals surface area contributed by atoms with Crippen LogP contribution >= 0.6 is 0 Å². The van der Waals surface area contributed by atoms with Crippen molar-refractivity contribution in [1.29, 1.82) is 0 Å². The van der Waals surface area contributed by atoms with E-state index in [0.717, 1.165) is 50.2 Å². The third-order valence-electron chi connectivity index (χ3n) is 11.1. The van der Waals surface area contributed by atoms with E-state index in [1.54, 1.807) is 41.4 Å². The molecule has 0 spiro atoms. The van der Waals surface area contributed by atoms with Gasteiger partial charge in [-0.1, -0.05) is 24.3 Å². The summed E-state index contributed by atoms with van der Waals surface area (Å²) in [7, 11) is 1.91. The van der Waals surface area contributed by atoms with Crippen molar-refractivity contribution in [3.63, 3.8) is 0 Å². The van der Waals surface area contributed by atoms with Gasteiger partial charge in [0.25, 0.3) is 11.8 Å². The van der Waals surface area contributed by atoms with Crippen LogP contribution in [0.25, 0.3) is 11.3 Å². The zero-order valence-corrected chi connectivity index (χ0v) is 29.9. The van der Waals surface area contributed by atoms with Crippen molar-refractivity contribution >= 4 is 23.2 Å². The molecule has 4 aliphatic rings. The molecule has 9 rings (SSSR count). The normalized spacial score (nSPS) is 18.2. The third-order valence-corrected chi connectivity index (χ3v) is 11.1. The Balaban J connectivity index is 1.11. The van der Waals surface area contributed by atoms with Crippen LogP contribution in [0.1, 0.15) is 56.4 Å². The molecule has 2 aromatic heterocycles. The average Bonchev–Trinajstić information content (AvgIpc) is 3.59. The van der Waals surface area contributed by atoms with Gasteiger partial charge >= 0.3 is 0 Å². The van der Waals surface area contributed by atoms with Crippen LogP contribution < -0.4 is 14.4 Å². The molecule has 0 unspecified atom stereocenters. The van der Waals surface area contributed by atoms with Crippen molar-refractivity contribution in [2.45, 2.75) is 44.8 Å². The largest absolute Gasteiger partial charge is 0.508 e. The van der Waals surface area contributed by atoms with E-state index in [2.05, 4.69) is 28.2 Å². The second kappa shape index (κ2) is 13.4. The molecule has 5 aromatic rings. The molecule has 1 saturated carbocycles. The van der Waals surface area contributed by atoms with Gasteiger partial charge in [-0.15, -0.1) is 0 Å². The summed E-state index contributed by atoms with van der Waals surface area (Å²) in [5, 5.41) is 14.6. The minimum atomic E-state index is -0.253. The lowest BCUT2D eigenvalue weighted by molar-refractivity contribution is 0.0193. The Bertz CT molecular complexity index is 2200. The Morgan fingerprint density at radius 1 is 0.925 bits per heavy atom. The molecule has 12 heteroatoms. The van der Waals surface area contributed by atoms with Crippen LogP contribution in [0.2, 0.25) is 0 Å². The van der Waals surface area contributed by atoms with E-state index in [1.807, 2.05) is 52.5 Å². The van der Waals surface area contributed by atoms with Crippen LogP contribution in [-0.2, 0) is 24.8 Å². The number of morpholine rings is 1. The Hall–Kier alpha value is -5.59. The van der Waals surface area contributed by atoms with Gasteiger partial charge in [0, 0.05) is 68.1 Å². The molecule has 1 aliphatic carbocycles. The minimum absolute atomic E-state index is 0.0449. The van der Waals surface area contributed by atoms with Crippen molar-refractivity contribution in [1.82, 2.24) is 24.1 Å². The average molecular weight is 715 g/mol. The number of aromatic hydroxyl groups is 1. The lowest BCUT2D eigenvalue weighted by atomic mass is 9.92. The van der Waals surface area contributed by atoms with Gasteiger partial charge in [-0.25, -0.2) is 0 Å². The second-order valence-corrected chi connectivity index (χ2v) is 14.4. The number of benzene rings is 3. The zero-order valence-electron chi connectivity index (χ0n) is 29.9. The first-order chi connectivity index (χ1) is 25.8. The summed E-state index contributed by atoms with van der Waals surface area (Å²) in [6.45, 7) is 6.24. The monoisotopic (exact) mass is 714 g/mol. The van der Waals surface area contributed by atoms with Gasteiger partial charge in [0.05, 0.1) is 42.3 Å². The summed E-state index contributed by atoms with van der Waals surface area (Å²) in [5.74, 6) is 0.827. The summed E-state index contributed by atoms with van der Waals surface area (Å²) < 4.78 is 21.2. The molecule has 53 heavy (non-hydrogen) atoms. The molecule has 2 amide bonds. The molecule has 272 valence electrons. The van der Waals surface area contributed by atoms with Gasteiger partial charge in [-0.2, -0.15) is 5.10 Å². The number of carbonyl (C=O) groups is 2. The molecule has 1 N–H and O–H groups in total. The first kappa shape index (κ1) is 33.3. The van der Waals surface area contributed by atoms with Crippen LogP contribution in [-0.4, -0.2) is 86.8 Å². The maximum atomic E-state index is 15.0. The van der Waals surface area contributed by atoms with E-state index in [9.17, 15) is 9.90 Å². The minimum Gasteiger partial charge on any atom is -0.508 e.